The lowest BCUT2D eigenvalue weighted by atomic mass is 10.3. The summed E-state index contributed by atoms with van der Waals surface area (Å²) >= 11 is 9.05. The first-order chi connectivity index (χ1) is 7.99. The van der Waals surface area contributed by atoms with Crippen LogP contribution in [0.3, 0.4) is 0 Å². The average Bonchev–Trinajstić information content (AvgIpc) is 2.50. The Balaban J connectivity index is 2.34. The number of nitrogens with two attached hydrogens (primary N) is 1. The first-order valence-electron chi connectivity index (χ1n) is 4.77. The van der Waals surface area contributed by atoms with Crippen molar-refractivity contribution in [1.29, 1.82) is 0 Å². The normalized spacial score (nSPS) is 10.8. The Kier molecular flexibility index (Phi) is 4.09. The Labute approximate surface area is 129 Å². The molecule has 0 aromatic carbocycles. The second-order valence-electron chi connectivity index (χ2n) is 3.52. The van der Waals surface area contributed by atoms with Gasteiger partial charge in [-0.25, -0.2) is 4.68 Å². The third kappa shape index (κ3) is 2.82. The first kappa shape index (κ1) is 13.3. The molecule has 2 aromatic rings. The van der Waals surface area contributed by atoms with Crippen LogP contribution in [-0.4, -0.2) is 14.8 Å². The number of pyridine rings is 1. The zero-order valence-electron chi connectivity index (χ0n) is 8.91. The van der Waals surface area contributed by atoms with Crippen molar-refractivity contribution in [3.05, 3.63) is 36.2 Å². The van der Waals surface area contributed by atoms with Crippen LogP contribution in [0.2, 0.25) is 0 Å². The van der Waals surface area contributed by atoms with Gasteiger partial charge in [0.15, 0.2) is 0 Å². The van der Waals surface area contributed by atoms with E-state index in [1.54, 1.807) is 10.9 Å². The minimum Gasteiger partial charge on any atom is -0.383 e. The van der Waals surface area contributed by atoms with Gasteiger partial charge in [-0.1, -0.05) is 0 Å². The smallest absolute Gasteiger partial charge is 0.135 e. The van der Waals surface area contributed by atoms with E-state index in [9.17, 15) is 0 Å². The molecule has 0 amide bonds. The van der Waals surface area contributed by atoms with Crippen molar-refractivity contribution in [3.63, 3.8) is 0 Å². The number of halogens is 3. The summed E-state index contributed by atoms with van der Waals surface area (Å²) in [7, 11) is 0. The number of aromatic nitrogens is 3. The Morgan fingerprint density at radius 3 is 2.71 bits per heavy atom. The molecular formula is C10H9Br2IN4. The van der Waals surface area contributed by atoms with E-state index < -0.39 is 0 Å². The van der Waals surface area contributed by atoms with E-state index in [1.807, 2.05) is 13.0 Å². The third-order valence-electron chi connectivity index (χ3n) is 2.27. The monoisotopic (exact) mass is 470 g/mol. The molecule has 0 atom stereocenters. The number of aryl methyl sites for hydroxylation is 1. The molecule has 0 saturated heterocycles. The number of anilines is 1. The van der Waals surface area contributed by atoms with E-state index >= 15 is 0 Å². The minimum absolute atomic E-state index is 0.559. The van der Waals surface area contributed by atoms with Crippen LogP contribution < -0.4 is 5.73 Å². The van der Waals surface area contributed by atoms with Gasteiger partial charge >= 0.3 is 0 Å². The number of rotatable bonds is 2. The van der Waals surface area contributed by atoms with E-state index in [0.717, 1.165) is 23.9 Å². The number of hydrogen-bond donors (Lipinski definition) is 1. The fraction of sp³-hybridized carbons (Fsp3) is 0.200. The van der Waals surface area contributed by atoms with E-state index in [2.05, 4.69) is 64.5 Å². The summed E-state index contributed by atoms with van der Waals surface area (Å²) in [6, 6.07) is 1.96. The molecule has 0 bridgehead atoms. The highest BCUT2D eigenvalue weighted by atomic mass is 127. The SMILES string of the molecule is Cc1nn(Cc2ncc(Br)cc2Br)c(N)c1I. The van der Waals surface area contributed by atoms with Crippen LogP contribution >= 0.6 is 54.5 Å². The molecule has 2 N–H and O–H groups in total. The zero-order valence-corrected chi connectivity index (χ0v) is 14.2. The van der Waals surface area contributed by atoms with Crippen molar-refractivity contribution >= 4 is 60.3 Å². The summed E-state index contributed by atoms with van der Waals surface area (Å²) in [4.78, 5) is 4.34. The predicted octanol–water partition coefficient (Wildman–Crippen LogP) is 3.35. The lowest BCUT2D eigenvalue weighted by Gasteiger charge is -2.06. The van der Waals surface area contributed by atoms with Gasteiger partial charge in [-0.15, -0.1) is 0 Å². The highest BCUT2D eigenvalue weighted by Crippen LogP contribution is 2.23. The van der Waals surface area contributed by atoms with E-state index in [-0.39, 0.29) is 0 Å². The van der Waals surface area contributed by atoms with Crippen LogP contribution in [0, 0.1) is 10.5 Å². The van der Waals surface area contributed by atoms with Crippen LogP contribution in [0.5, 0.6) is 0 Å². The lowest BCUT2D eigenvalue weighted by Crippen LogP contribution is -2.08. The van der Waals surface area contributed by atoms with Gasteiger partial charge in [-0.3, -0.25) is 4.98 Å². The molecule has 0 aliphatic carbocycles. The predicted molar refractivity (Wildman–Crippen MR) is 82.8 cm³/mol. The van der Waals surface area contributed by atoms with Crippen LogP contribution in [0.15, 0.2) is 21.2 Å². The van der Waals surface area contributed by atoms with Gasteiger partial charge in [0.2, 0.25) is 0 Å². The molecule has 2 rings (SSSR count). The van der Waals surface area contributed by atoms with E-state index in [4.69, 9.17) is 5.73 Å². The van der Waals surface area contributed by atoms with Crippen LogP contribution in [-0.2, 0) is 6.54 Å². The van der Waals surface area contributed by atoms with Gasteiger partial charge < -0.3 is 5.73 Å². The standard InChI is InChI=1S/C10H9Br2IN4/c1-5-9(13)10(14)17(16-5)4-8-7(12)2-6(11)3-15-8/h2-3H,4,14H2,1H3. The third-order valence-corrected chi connectivity index (χ3v) is 4.73. The Morgan fingerprint density at radius 2 is 2.18 bits per heavy atom. The van der Waals surface area contributed by atoms with Crippen LogP contribution in [0.4, 0.5) is 5.82 Å². The Hall–Kier alpha value is -0.150. The highest BCUT2D eigenvalue weighted by Gasteiger charge is 2.11. The average molecular weight is 472 g/mol. The molecule has 2 aromatic heterocycles. The fourth-order valence-corrected chi connectivity index (χ4v) is 2.90. The molecule has 17 heavy (non-hydrogen) atoms. The van der Waals surface area contributed by atoms with Crippen molar-refractivity contribution in [1.82, 2.24) is 14.8 Å². The van der Waals surface area contributed by atoms with Crippen molar-refractivity contribution in [2.75, 3.05) is 5.73 Å². The molecule has 0 unspecified atom stereocenters. The first-order valence-corrected chi connectivity index (χ1v) is 7.44. The summed E-state index contributed by atoms with van der Waals surface area (Å²) in [5, 5.41) is 4.38. The van der Waals surface area contributed by atoms with Gasteiger partial charge in [-0.2, -0.15) is 5.10 Å². The second kappa shape index (κ2) is 5.23. The Morgan fingerprint density at radius 1 is 1.47 bits per heavy atom. The van der Waals surface area contributed by atoms with Gasteiger partial charge in [0, 0.05) is 15.1 Å². The molecular weight excluding hydrogens is 463 g/mol. The summed E-state index contributed by atoms with van der Waals surface area (Å²) in [5.74, 6) is 0.680. The van der Waals surface area contributed by atoms with Crippen molar-refractivity contribution in [3.8, 4) is 0 Å². The molecule has 0 aliphatic rings. The molecule has 2 heterocycles. The molecule has 0 radical (unpaired) electrons. The molecule has 0 aliphatic heterocycles. The number of hydrogen-bond acceptors (Lipinski definition) is 3. The van der Waals surface area contributed by atoms with Crippen molar-refractivity contribution < 1.29 is 0 Å². The largest absolute Gasteiger partial charge is 0.383 e. The maximum atomic E-state index is 5.97. The van der Waals surface area contributed by atoms with Gasteiger partial charge in [-0.05, 0) is 67.4 Å². The maximum absolute atomic E-state index is 5.97. The summed E-state index contributed by atoms with van der Waals surface area (Å²) < 4.78 is 4.63. The summed E-state index contributed by atoms with van der Waals surface area (Å²) in [6.45, 7) is 2.50. The quantitative estimate of drug-likeness (QED) is 0.683. The van der Waals surface area contributed by atoms with Gasteiger partial charge in [0.25, 0.3) is 0 Å². The maximum Gasteiger partial charge on any atom is 0.135 e. The Bertz CT molecular complexity index is 568. The highest BCUT2D eigenvalue weighted by molar-refractivity contribution is 14.1. The molecule has 0 fully saturated rings. The second-order valence-corrected chi connectivity index (χ2v) is 6.37. The topological polar surface area (TPSA) is 56.7 Å². The number of nitrogen functional groups attached to an aromatic ring is 1. The molecule has 0 saturated carbocycles. The molecule has 90 valence electrons. The van der Waals surface area contributed by atoms with Gasteiger partial charge in [0.05, 0.1) is 21.5 Å². The van der Waals surface area contributed by atoms with E-state index in [1.165, 1.54) is 0 Å². The fourth-order valence-electron chi connectivity index (χ4n) is 1.40. The lowest BCUT2D eigenvalue weighted by molar-refractivity contribution is 0.673. The van der Waals surface area contributed by atoms with Crippen LogP contribution in [0.25, 0.3) is 0 Å². The van der Waals surface area contributed by atoms with Gasteiger partial charge in [0.1, 0.15) is 5.82 Å². The van der Waals surface area contributed by atoms with Crippen molar-refractivity contribution in [2.24, 2.45) is 0 Å². The van der Waals surface area contributed by atoms with E-state index in [0.29, 0.717) is 12.4 Å². The zero-order chi connectivity index (χ0) is 12.6. The summed E-state index contributed by atoms with van der Waals surface area (Å²) in [6.07, 6.45) is 1.76. The van der Waals surface area contributed by atoms with Crippen LogP contribution in [0.1, 0.15) is 11.4 Å². The minimum atomic E-state index is 0.559. The molecule has 0 spiro atoms. The number of nitrogens with zero attached hydrogens (tertiary/aromatic N) is 3. The molecule has 7 heteroatoms. The van der Waals surface area contributed by atoms with Crippen molar-refractivity contribution in [2.45, 2.75) is 13.5 Å². The molecule has 4 nitrogen and oxygen atoms in total. The summed E-state index contributed by atoms with van der Waals surface area (Å²) in [5.41, 5.74) is 7.81.